The van der Waals surface area contributed by atoms with Crippen LogP contribution in [0.1, 0.15) is 39.0 Å². The summed E-state index contributed by atoms with van der Waals surface area (Å²) in [5, 5.41) is 9.79. The van der Waals surface area contributed by atoms with Crippen LogP contribution in [0, 0.1) is 5.92 Å². The van der Waals surface area contributed by atoms with E-state index < -0.39 is 0 Å². The van der Waals surface area contributed by atoms with Crippen molar-refractivity contribution in [3.63, 3.8) is 0 Å². The minimum Gasteiger partial charge on any atom is -0.396 e. The van der Waals surface area contributed by atoms with Crippen molar-refractivity contribution in [2.45, 2.75) is 39.0 Å². The number of unbranched alkanes of at least 4 members (excludes halogenated alkanes) is 3. The number of hydrogen-bond donors (Lipinski definition) is 1. The molecule has 1 N–H and O–H groups in total. The van der Waals surface area contributed by atoms with Gasteiger partial charge in [0, 0.05) is 11.9 Å². The highest BCUT2D eigenvalue weighted by atomic mass is 79.9. The van der Waals surface area contributed by atoms with Crippen LogP contribution in [0.15, 0.2) is 0 Å². The molecule has 0 bridgehead atoms. The summed E-state index contributed by atoms with van der Waals surface area (Å²) in [6, 6.07) is 0. The zero-order valence-electron chi connectivity index (χ0n) is 7.35. The lowest BCUT2D eigenvalue weighted by molar-refractivity contribution is 0.231. The lowest BCUT2D eigenvalue weighted by atomic mass is 10.0. The summed E-state index contributed by atoms with van der Waals surface area (Å²) in [6.07, 6.45) is 6.38. The van der Waals surface area contributed by atoms with Crippen LogP contribution in [0.5, 0.6) is 0 Å². The van der Waals surface area contributed by atoms with Crippen LogP contribution in [0.25, 0.3) is 0 Å². The molecule has 1 nitrogen and oxygen atoms in total. The normalized spacial score (nSPS) is 13.4. The fraction of sp³-hybridized carbons (Fsp3) is 1.00. The average Bonchev–Trinajstić information content (AvgIpc) is 2.05. The Kier molecular flexibility index (Phi) is 8.88. The van der Waals surface area contributed by atoms with Crippen LogP contribution in [0.4, 0.5) is 0 Å². The summed E-state index contributed by atoms with van der Waals surface area (Å²) in [5.74, 6) is 0.479. The zero-order valence-corrected chi connectivity index (χ0v) is 8.94. The molecule has 0 amide bonds. The number of rotatable bonds is 7. The Morgan fingerprint density at radius 1 is 1.27 bits per heavy atom. The minimum atomic E-state index is 0.331. The second-order valence-corrected chi connectivity index (χ2v) is 3.70. The molecule has 0 spiro atoms. The number of hydrogen-bond acceptors (Lipinski definition) is 1. The highest BCUT2D eigenvalue weighted by Crippen LogP contribution is 2.12. The molecule has 2 heteroatoms. The standard InChI is InChI=1S/C9H19BrO/c1-2-3-4-5-6-9(7-10)8-11/h9,11H,2-8H2,1H3/t9-/m1/s1. The molecule has 0 aliphatic rings. The van der Waals surface area contributed by atoms with E-state index >= 15 is 0 Å². The fourth-order valence-corrected chi connectivity index (χ4v) is 1.61. The molecular weight excluding hydrogens is 204 g/mol. The van der Waals surface area contributed by atoms with E-state index in [9.17, 15) is 0 Å². The van der Waals surface area contributed by atoms with Gasteiger partial charge in [0.15, 0.2) is 0 Å². The lowest BCUT2D eigenvalue weighted by Gasteiger charge is -2.08. The van der Waals surface area contributed by atoms with Crippen molar-refractivity contribution in [3.8, 4) is 0 Å². The highest BCUT2D eigenvalue weighted by Gasteiger charge is 2.03. The molecule has 0 heterocycles. The maximum absolute atomic E-state index is 8.85. The van der Waals surface area contributed by atoms with Gasteiger partial charge in [0.25, 0.3) is 0 Å². The van der Waals surface area contributed by atoms with Gasteiger partial charge in [0.2, 0.25) is 0 Å². The van der Waals surface area contributed by atoms with Crippen LogP contribution in [-0.4, -0.2) is 17.0 Å². The third kappa shape index (κ3) is 6.82. The summed E-state index contributed by atoms with van der Waals surface area (Å²) in [4.78, 5) is 0. The molecule has 0 aromatic heterocycles. The van der Waals surface area contributed by atoms with Gasteiger partial charge in [-0.25, -0.2) is 0 Å². The zero-order chi connectivity index (χ0) is 8.53. The SMILES string of the molecule is CCCCCC[C@@H](CO)CBr. The summed E-state index contributed by atoms with van der Waals surface area (Å²) in [6.45, 7) is 2.55. The van der Waals surface area contributed by atoms with Crippen molar-refractivity contribution < 1.29 is 5.11 Å². The van der Waals surface area contributed by atoms with Crippen molar-refractivity contribution in [3.05, 3.63) is 0 Å². The largest absolute Gasteiger partial charge is 0.396 e. The molecule has 0 aliphatic heterocycles. The van der Waals surface area contributed by atoms with Crippen molar-refractivity contribution in [2.24, 2.45) is 5.92 Å². The maximum Gasteiger partial charge on any atom is 0.0467 e. The maximum atomic E-state index is 8.85. The molecule has 0 aromatic carbocycles. The van der Waals surface area contributed by atoms with Crippen LogP contribution >= 0.6 is 15.9 Å². The van der Waals surface area contributed by atoms with Crippen molar-refractivity contribution in [1.82, 2.24) is 0 Å². The first-order valence-electron chi connectivity index (χ1n) is 4.52. The van der Waals surface area contributed by atoms with Crippen LogP contribution in [0.3, 0.4) is 0 Å². The average molecular weight is 223 g/mol. The third-order valence-electron chi connectivity index (χ3n) is 1.94. The van der Waals surface area contributed by atoms with Gasteiger partial charge in [-0.15, -0.1) is 0 Å². The highest BCUT2D eigenvalue weighted by molar-refractivity contribution is 9.09. The van der Waals surface area contributed by atoms with Gasteiger partial charge in [-0.05, 0) is 12.3 Å². The van der Waals surface area contributed by atoms with Gasteiger partial charge in [-0.1, -0.05) is 48.5 Å². The molecular formula is C9H19BrO. The Morgan fingerprint density at radius 3 is 2.45 bits per heavy atom. The molecule has 0 saturated heterocycles. The number of halogens is 1. The van der Waals surface area contributed by atoms with E-state index in [4.69, 9.17) is 5.11 Å². The molecule has 0 saturated carbocycles. The molecule has 68 valence electrons. The Balaban J connectivity index is 3.07. The summed E-state index contributed by atoms with van der Waals surface area (Å²) < 4.78 is 0. The number of aliphatic hydroxyl groups excluding tert-OH is 1. The molecule has 0 rings (SSSR count). The van der Waals surface area contributed by atoms with E-state index in [1.807, 2.05) is 0 Å². The van der Waals surface area contributed by atoms with E-state index in [0.717, 1.165) is 5.33 Å². The third-order valence-corrected chi connectivity index (χ3v) is 2.86. The van der Waals surface area contributed by atoms with Crippen LogP contribution in [0.2, 0.25) is 0 Å². The smallest absolute Gasteiger partial charge is 0.0467 e. The lowest BCUT2D eigenvalue weighted by Crippen LogP contribution is -2.06. The second kappa shape index (κ2) is 8.54. The number of aliphatic hydroxyl groups is 1. The molecule has 0 unspecified atom stereocenters. The first kappa shape index (κ1) is 11.4. The monoisotopic (exact) mass is 222 g/mol. The predicted molar refractivity (Wildman–Crippen MR) is 53.1 cm³/mol. The van der Waals surface area contributed by atoms with E-state index in [1.54, 1.807) is 0 Å². The van der Waals surface area contributed by atoms with Crippen molar-refractivity contribution >= 4 is 15.9 Å². The first-order valence-corrected chi connectivity index (χ1v) is 5.64. The molecule has 1 atom stereocenters. The topological polar surface area (TPSA) is 20.2 Å². The van der Waals surface area contributed by atoms with Gasteiger partial charge in [-0.2, -0.15) is 0 Å². The summed E-state index contributed by atoms with van der Waals surface area (Å²) in [7, 11) is 0. The minimum absolute atomic E-state index is 0.331. The molecule has 0 aliphatic carbocycles. The fourth-order valence-electron chi connectivity index (χ4n) is 1.08. The van der Waals surface area contributed by atoms with Gasteiger partial charge >= 0.3 is 0 Å². The molecule has 0 fully saturated rings. The Bertz CT molecular complexity index is 72.0. The van der Waals surface area contributed by atoms with E-state index in [-0.39, 0.29) is 0 Å². The molecule has 11 heavy (non-hydrogen) atoms. The summed E-state index contributed by atoms with van der Waals surface area (Å²) in [5.41, 5.74) is 0. The Labute approximate surface area is 78.3 Å². The van der Waals surface area contributed by atoms with Gasteiger partial charge in [-0.3, -0.25) is 0 Å². The van der Waals surface area contributed by atoms with Crippen LogP contribution < -0.4 is 0 Å². The van der Waals surface area contributed by atoms with E-state index in [1.165, 1.54) is 32.1 Å². The van der Waals surface area contributed by atoms with E-state index in [0.29, 0.717) is 12.5 Å². The van der Waals surface area contributed by atoms with Gasteiger partial charge in [0.1, 0.15) is 0 Å². The van der Waals surface area contributed by atoms with Gasteiger partial charge < -0.3 is 5.11 Å². The van der Waals surface area contributed by atoms with Gasteiger partial charge in [0.05, 0.1) is 0 Å². The molecule has 0 radical (unpaired) electrons. The van der Waals surface area contributed by atoms with Crippen LogP contribution in [-0.2, 0) is 0 Å². The Hall–Kier alpha value is 0.440. The number of alkyl halides is 1. The van der Waals surface area contributed by atoms with Crippen molar-refractivity contribution in [2.75, 3.05) is 11.9 Å². The second-order valence-electron chi connectivity index (χ2n) is 3.05. The predicted octanol–water partition coefficient (Wildman–Crippen LogP) is 2.96. The molecule has 0 aromatic rings. The van der Waals surface area contributed by atoms with Crippen molar-refractivity contribution in [1.29, 1.82) is 0 Å². The summed E-state index contributed by atoms with van der Waals surface area (Å²) >= 11 is 3.39. The Morgan fingerprint density at radius 2 is 2.00 bits per heavy atom. The first-order chi connectivity index (χ1) is 5.35. The quantitative estimate of drug-likeness (QED) is 0.519. The van der Waals surface area contributed by atoms with E-state index in [2.05, 4.69) is 22.9 Å².